The summed E-state index contributed by atoms with van der Waals surface area (Å²) in [6, 6.07) is -0.748. The highest BCUT2D eigenvalue weighted by molar-refractivity contribution is 7.90. The molecule has 1 amide bonds. The Bertz CT molecular complexity index is 419. The number of sulfone groups is 1. The molecule has 2 atom stereocenters. The maximum Gasteiger partial charge on any atom is 0.236 e. The average molecular weight is 319 g/mol. The zero-order valence-electron chi connectivity index (χ0n) is 13.2. The van der Waals surface area contributed by atoms with E-state index in [0.717, 1.165) is 25.9 Å². The van der Waals surface area contributed by atoms with Crippen LogP contribution in [0, 0.1) is 5.92 Å². The van der Waals surface area contributed by atoms with Crippen molar-refractivity contribution >= 4 is 15.7 Å². The molecule has 124 valence electrons. The van der Waals surface area contributed by atoms with Crippen LogP contribution in [0.15, 0.2) is 0 Å². The number of nitrogens with zero attached hydrogens (tertiary/aromatic N) is 1. The number of likely N-dealkylation sites (tertiary alicyclic amines) is 1. The third kappa shape index (κ3) is 8.38. The van der Waals surface area contributed by atoms with Gasteiger partial charge in [-0.2, -0.15) is 0 Å². The molecule has 0 saturated carbocycles. The molecule has 1 saturated heterocycles. The molecule has 3 N–H and O–H groups in total. The van der Waals surface area contributed by atoms with Crippen molar-refractivity contribution in [2.75, 3.05) is 38.2 Å². The zero-order chi connectivity index (χ0) is 15.9. The summed E-state index contributed by atoms with van der Waals surface area (Å²) < 4.78 is 22.1. The molecule has 1 fully saturated rings. The minimum Gasteiger partial charge on any atom is -0.354 e. The highest BCUT2D eigenvalue weighted by Crippen LogP contribution is 2.10. The van der Waals surface area contributed by atoms with E-state index in [-0.39, 0.29) is 18.1 Å². The number of carbonyl (C=O) groups excluding carboxylic acids is 1. The van der Waals surface area contributed by atoms with Gasteiger partial charge in [-0.25, -0.2) is 8.42 Å². The first-order chi connectivity index (χ1) is 9.78. The molecule has 0 aliphatic carbocycles. The van der Waals surface area contributed by atoms with Crippen LogP contribution < -0.4 is 11.1 Å². The maximum atomic E-state index is 11.8. The van der Waals surface area contributed by atoms with Crippen molar-refractivity contribution in [3.63, 3.8) is 0 Å². The van der Waals surface area contributed by atoms with Gasteiger partial charge in [-0.05, 0) is 38.3 Å². The molecule has 21 heavy (non-hydrogen) atoms. The number of piperidine rings is 1. The first-order valence-corrected chi connectivity index (χ1v) is 9.77. The number of rotatable bonds is 8. The number of nitrogens with one attached hydrogen (secondary N) is 1. The number of nitrogens with two attached hydrogens (primary N) is 1. The molecule has 1 aliphatic heterocycles. The van der Waals surface area contributed by atoms with Crippen molar-refractivity contribution in [3.8, 4) is 0 Å². The van der Waals surface area contributed by atoms with Crippen LogP contribution in [0.4, 0.5) is 0 Å². The van der Waals surface area contributed by atoms with Crippen molar-refractivity contribution in [1.82, 2.24) is 10.2 Å². The molecule has 1 rings (SSSR count). The van der Waals surface area contributed by atoms with Gasteiger partial charge in [0.15, 0.2) is 0 Å². The fourth-order valence-corrected chi connectivity index (χ4v) is 3.21. The predicted octanol–water partition coefficient (Wildman–Crippen LogP) is -0.0134. The molecule has 7 heteroatoms. The molecule has 0 aromatic rings. The quantitative estimate of drug-likeness (QED) is 0.656. The van der Waals surface area contributed by atoms with E-state index in [1.54, 1.807) is 0 Å². The van der Waals surface area contributed by atoms with E-state index < -0.39 is 15.9 Å². The summed E-state index contributed by atoms with van der Waals surface area (Å²) in [6.45, 7) is 5.97. The average Bonchev–Trinajstić information content (AvgIpc) is 2.42. The molecular weight excluding hydrogens is 290 g/mol. The normalized spacial score (nSPS) is 20.0. The molecule has 0 aromatic heterocycles. The fourth-order valence-electron chi connectivity index (χ4n) is 2.53. The lowest BCUT2D eigenvalue weighted by atomic mass is 10.1. The van der Waals surface area contributed by atoms with E-state index in [2.05, 4.69) is 17.1 Å². The second-order valence-corrected chi connectivity index (χ2v) is 8.50. The van der Waals surface area contributed by atoms with E-state index in [9.17, 15) is 13.2 Å². The van der Waals surface area contributed by atoms with Gasteiger partial charge in [0.2, 0.25) is 5.91 Å². The van der Waals surface area contributed by atoms with E-state index in [0.29, 0.717) is 12.5 Å². The fraction of sp³-hybridized carbons (Fsp3) is 0.929. The summed E-state index contributed by atoms with van der Waals surface area (Å²) in [5.41, 5.74) is 5.71. The van der Waals surface area contributed by atoms with Crippen molar-refractivity contribution in [1.29, 1.82) is 0 Å². The molecule has 0 aromatic carbocycles. The summed E-state index contributed by atoms with van der Waals surface area (Å²) in [5.74, 6) is 0.0589. The molecule has 0 spiro atoms. The van der Waals surface area contributed by atoms with Crippen LogP contribution in [0.25, 0.3) is 0 Å². The van der Waals surface area contributed by atoms with Gasteiger partial charge in [-0.15, -0.1) is 0 Å². The molecule has 6 nitrogen and oxygen atoms in total. The van der Waals surface area contributed by atoms with Gasteiger partial charge in [0.05, 0.1) is 11.8 Å². The first kappa shape index (κ1) is 18.4. The van der Waals surface area contributed by atoms with Gasteiger partial charge in [-0.3, -0.25) is 4.79 Å². The highest BCUT2D eigenvalue weighted by Gasteiger charge is 2.18. The third-order valence-corrected chi connectivity index (χ3v) is 4.76. The lowest BCUT2D eigenvalue weighted by Crippen LogP contribution is -2.44. The first-order valence-electron chi connectivity index (χ1n) is 7.71. The topological polar surface area (TPSA) is 92.5 Å². The summed E-state index contributed by atoms with van der Waals surface area (Å²) in [7, 11) is -3.07. The van der Waals surface area contributed by atoms with Gasteiger partial charge in [-0.1, -0.05) is 13.3 Å². The highest BCUT2D eigenvalue weighted by atomic mass is 32.2. The Balaban J connectivity index is 2.21. The Morgan fingerprint density at radius 2 is 1.90 bits per heavy atom. The standard InChI is InChI=1S/C14H29N3O3S/c1-12(11-17-7-4-3-5-8-17)10-16-14(18)13(15)6-9-21(2,19)20/h12-13H,3-11,15H2,1-2H3,(H,16,18). The van der Waals surface area contributed by atoms with Crippen molar-refractivity contribution in [2.45, 2.75) is 38.6 Å². The van der Waals surface area contributed by atoms with Crippen LogP contribution in [-0.4, -0.2) is 63.5 Å². The zero-order valence-corrected chi connectivity index (χ0v) is 14.0. The second kappa shape index (κ2) is 8.70. The van der Waals surface area contributed by atoms with Gasteiger partial charge < -0.3 is 16.0 Å². The van der Waals surface area contributed by atoms with Crippen molar-refractivity contribution in [2.24, 2.45) is 11.7 Å². The van der Waals surface area contributed by atoms with Gasteiger partial charge in [0, 0.05) is 19.3 Å². The van der Waals surface area contributed by atoms with Gasteiger partial charge in [0.25, 0.3) is 0 Å². The molecule has 1 heterocycles. The van der Waals surface area contributed by atoms with Gasteiger partial charge in [0.1, 0.15) is 9.84 Å². The van der Waals surface area contributed by atoms with Crippen LogP contribution in [-0.2, 0) is 14.6 Å². The SMILES string of the molecule is CC(CNC(=O)C(N)CCS(C)(=O)=O)CN1CCCCC1. The van der Waals surface area contributed by atoms with Crippen LogP contribution in [0.1, 0.15) is 32.6 Å². The van der Waals surface area contributed by atoms with Crippen LogP contribution in [0.3, 0.4) is 0 Å². The smallest absolute Gasteiger partial charge is 0.236 e. The van der Waals surface area contributed by atoms with E-state index >= 15 is 0 Å². The van der Waals surface area contributed by atoms with E-state index in [4.69, 9.17) is 5.73 Å². The molecule has 0 bridgehead atoms. The number of hydrogen-bond acceptors (Lipinski definition) is 5. The van der Waals surface area contributed by atoms with Gasteiger partial charge >= 0.3 is 0 Å². The molecule has 0 radical (unpaired) electrons. The number of carbonyl (C=O) groups is 1. The van der Waals surface area contributed by atoms with E-state index in [1.165, 1.54) is 19.3 Å². The Hall–Kier alpha value is -0.660. The van der Waals surface area contributed by atoms with Crippen LogP contribution >= 0.6 is 0 Å². The van der Waals surface area contributed by atoms with Crippen LogP contribution in [0.2, 0.25) is 0 Å². The Kier molecular flexibility index (Phi) is 7.62. The monoisotopic (exact) mass is 319 g/mol. The number of amides is 1. The largest absolute Gasteiger partial charge is 0.354 e. The maximum absolute atomic E-state index is 11.8. The molecule has 2 unspecified atom stereocenters. The Morgan fingerprint density at radius 1 is 1.29 bits per heavy atom. The Labute approximate surface area is 128 Å². The summed E-state index contributed by atoms with van der Waals surface area (Å²) in [6.07, 6.45) is 5.16. The van der Waals surface area contributed by atoms with Crippen LogP contribution in [0.5, 0.6) is 0 Å². The predicted molar refractivity (Wildman–Crippen MR) is 84.8 cm³/mol. The summed E-state index contributed by atoms with van der Waals surface area (Å²) in [4.78, 5) is 14.2. The van der Waals surface area contributed by atoms with E-state index in [1.807, 2.05) is 0 Å². The van der Waals surface area contributed by atoms with Crippen molar-refractivity contribution in [3.05, 3.63) is 0 Å². The summed E-state index contributed by atoms with van der Waals surface area (Å²) >= 11 is 0. The second-order valence-electron chi connectivity index (χ2n) is 6.24. The Morgan fingerprint density at radius 3 is 2.48 bits per heavy atom. The summed E-state index contributed by atoms with van der Waals surface area (Å²) in [5, 5.41) is 2.82. The lowest BCUT2D eigenvalue weighted by Gasteiger charge is -2.29. The minimum atomic E-state index is -3.07. The minimum absolute atomic E-state index is 0.0507. The molecule has 1 aliphatic rings. The number of hydrogen-bond donors (Lipinski definition) is 2. The molecular formula is C14H29N3O3S. The van der Waals surface area contributed by atoms with Crippen molar-refractivity contribution < 1.29 is 13.2 Å². The third-order valence-electron chi connectivity index (χ3n) is 3.78. The lowest BCUT2D eigenvalue weighted by molar-refractivity contribution is -0.122.